The molecule has 2 aromatic carbocycles. The zero-order chi connectivity index (χ0) is 35.7. The Balaban J connectivity index is 1.90. The molecule has 0 bridgehead atoms. The Morgan fingerprint density at radius 3 is 1.37 bits per heavy atom. The molecular weight excluding hydrogens is 709 g/mol. The molecule has 2 heterocycles. The van der Waals surface area contributed by atoms with E-state index in [1.165, 1.54) is 85.1 Å². The number of benzene rings is 2. The Labute approximate surface area is 304 Å². The second-order valence-electron chi connectivity index (χ2n) is 17.1. The second kappa shape index (κ2) is 15.3. The number of hydrogen-bond donors (Lipinski definition) is 0. The molecule has 1 atom stereocenters. The topological polar surface area (TPSA) is 36.9 Å². The van der Waals surface area contributed by atoms with E-state index in [4.69, 9.17) is 18.6 Å². The van der Waals surface area contributed by atoms with Crippen LogP contribution in [0.1, 0.15) is 132 Å². The van der Waals surface area contributed by atoms with Crippen LogP contribution in [-0.4, -0.2) is 55.0 Å². The van der Waals surface area contributed by atoms with Gasteiger partial charge in [0.05, 0.1) is 0 Å². The van der Waals surface area contributed by atoms with Crippen LogP contribution >= 0.6 is 0 Å². The summed E-state index contributed by atoms with van der Waals surface area (Å²) in [6.07, 6.45) is 8.65. The first-order valence-corrected chi connectivity index (χ1v) is 27.1. The van der Waals surface area contributed by atoms with Gasteiger partial charge in [0, 0.05) is 0 Å². The Kier molecular flexibility index (Phi) is 12.2. The second-order valence-corrected chi connectivity index (χ2v) is 31.1. The summed E-state index contributed by atoms with van der Waals surface area (Å²) >= 11 is -3.05. The minimum atomic E-state index is -3.05. The zero-order valence-corrected chi connectivity index (χ0v) is 35.6. The molecular formula is C42H64B2O4Sn. The fourth-order valence-corrected chi connectivity index (χ4v) is 27.0. The third kappa shape index (κ3) is 7.75. The van der Waals surface area contributed by atoms with Crippen molar-refractivity contribution in [3.8, 4) is 0 Å². The molecule has 2 fully saturated rings. The summed E-state index contributed by atoms with van der Waals surface area (Å²) in [5.74, 6) is 0. The SMILES string of the molecule is CCC[CH2][Sn]([CH2]CCC)([CH2]CCC)[C@@H]1CC(B2OC(C)(C)C(C)(C)O2)=C(c2ccccc2)C(B2OC(C)(C)C(C)(C)O2)=C1c1ccccc1. The minimum absolute atomic E-state index is 0.440. The van der Waals surface area contributed by atoms with E-state index in [1.807, 2.05) is 0 Å². The summed E-state index contributed by atoms with van der Waals surface area (Å²) < 4.78 is 33.0. The van der Waals surface area contributed by atoms with Gasteiger partial charge in [-0.15, -0.1) is 0 Å². The Bertz CT molecular complexity index is 1430. The maximum atomic E-state index is 7.13. The monoisotopic (exact) mass is 774 g/mol. The molecule has 3 aliphatic rings. The van der Waals surface area contributed by atoms with Crippen LogP contribution in [0.4, 0.5) is 0 Å². The van der Waals surface area contributed by atoms with Crippen LogP contribution in [0.5, 0.6) is 0 Å². The first kappa shape index (κ1) is 38.9. The Hall–Kier alpha value is -1.31. The van der Waals surface area contributed by atoms with E-state index in [2.05, 4.69) is 137 Å². The van der Waals surface area contributed by atoms with Crippen molar-refractivity contribution in [2.45, 2.75) is 161 Å². The van der Waals surface area contributed by atoms with Crippen LogP contribution in [0, 0.1) is 0 Å². The van der Waals surface area contributed by atoms with Gasteiger partial charge >= 0.3 is 306 Å². The predicted molar refractivity (Wildman–Crippen MR) is 212 cm³/mol. The molecule has 0 spiro atoms. The summed E-state index contributed by atoms with van der Waals surface area (Å²) in [7, 11) is -0.951. The van der Waals surface area contributed by atoms with Crippen LogP contribution in [0.2, 0.25) is 17.2 Å². The summed E-state index contributed by atoms with van der Waals surface area (Å²) in [6, 6.07) is 22.3. The summed E-state index contributed by atoms with van der Waals surface area (Å²) in [5, 5.41) is 0. The molecule has 49 heavy (non-hydrogen) atoms. The van der Waals surface area contributed by atoms with Gasteiger partial charge in [-0.25, -0.2) is 0 Å². The molecule has 7 heteroatoms. The molecule has 0 radical (unpaired) electrons. The van der Waals surface area contributed by atoms with Gasteiger partial charge in [0.2, 0.25) is 0 Å². The molecule has 2 aliphatic heterocycles. The van der Waals surface area contributed by atoms with Crippen molar-refractivity contribution in [1.82, 2.24) is 0 Å². The molecule has 266 valence electrons. The first-order chi connectivity index (χ1) is 23.1. The average molecular weight is 773 g/mol. The molecule has 5 rings (SSSR count). The third-order valence-electron chi connectivity index (χ3n) is 12.7. The van der Waals surface area contributed by atoms with E-state index < -0.39 is 55.0 Å². The fraction of sp³-hybridized carbons (Fsp3) is 0.619. The van der Waals surface area contributed by atoms with Gasteiger partial charge < -0.3 is 0 Å². The van der Waals surface area contributed by atoms with E-state index in [-0.39, 0.29) is 0 Å². The van der Waals surface area contributed by atoms with Gasteiger partial charge in [-0.3, -0.25) is 0 Å². The molecule has 0 N–H and O–H groups in total. The summed E-state index contributed by atoms with van der Waals surface area (Å²) in [5.41, 5.74) is 5.85. The van der Waals surface area contributed by atoms with Gasteiger partial charge in [-0.05, 0) is 0 Å². The quantitative estimate of drug-likeness (QED) is 0.179. The van der Waals surface area contributed by atoms with Gasteiger partial charge in [0.15, 0.2) is 0 Å². The zero-order valence-electron chi connectivity index (χ0n) is 32.7. The molecule has 0 amide bonds. The van der Waals surface area contributed by atoms with Crippen LogP contribution in [0.3, 0.4) is 0 Å². The van der Waals surface area contributed by atoms with Gasteiger partial charge in [0.25, 0.3) is 0 Å². The van der Waals surface area contributed by atoms with Gasteiger partial charge in [-0.2, -0.15) is 0 Å². The molecule has 2 aromatic rings. The predicted octanol–water partition coefficient (Wildman–Crippen LogP) is 11.8. The van der Waals surface area contributed by atoms with Crippen LogP contribution in [0.25, 0.3) is 11.1 Å². The van der Waals surface area contributed by atoms with Gasteiger partial charge in [0.1, 0.15) is 0 Å². The van der Waals surface area contributed by atoms with Crippen molar-refractivity contribution in [2.75, 3.05) is 0 Å². The molecule has 4 nitrogen and oxygen atoms in total. The number of unbranched alkanes of at least 4 members (excludes halogenated alkanes) is 3. The number of allylic oxidation sites excluding steroid dienone is 4. The van der Waals surface area contributed by atoms with E-state index >= 15 is 0 Å². The van der Waals surface area contributed by atoms with Crippen molar-refractivity contribution in [3.63, 3.8) is 0 Å². The fourth-order valence-electron chi connectivity index (χ4n) is 8.25. The molecule has 2 saturated heterocycles. The number of rotatable bonds is 14. The first-order valence-electron chi connectivity index (χ1n) is 19.4. The number of hydrogen-bond acceptors (Lipinski definition) is 4. The van der Waals surface area contributed by atoms with Crippen molar-refractivity contribution >= 4 is 43.8 Å². The molecule has 0 aromatic heterocycles. The van der Waals surface area contributed by atoms with Crippen molar-refractivity contribution in [3.05, 3.63) is 82.7 Å². The van der Waals surface area contributed by atoms with Gasteiger partial charge in [-0.1, -0.05) is 0 Å². The normalized spacial score (nSPS) is 23.1. The molecule has 0 unspecified atom stereocenters. The average Bonchev–Trinajstić information content (AvgIpc) is 3.43. The van der Waals surface area contributed by atoms with Crippen molar-refractivity contribution in [2.24, 2.45) is 0 Å². The Morgan fingerprint density at radius 1 is 0.571 bits per heavy atom. The summed E-state index contributed by atoms with van der Waals surface area (Å²) in [4.78, 5) is 0. The third-order valence-corrected chi connectivity index (χ3v) is 29.8. The van der Waals surface area contributed by atoms with E-state index in [1.54, 1.807) is 0 Å². The van der Waals surface area contributed by atoms with Crippen molar-refractivity contribution in [1.29, 1.82) is 0 Å². The van der Waals surface area contributed by atoms with Crippen LogP contribution < -0.4 is 0 Å². The Morgan fingerprint density at radius 2 is 0.959 bits per heavy atom. The van der Waals surface area contributed by atoms with Crippen LogP contribution in [0.15, 0.2) is 71.6 Å². The van der Waals surface area contributed by atoms with Crippen molar-refractivity contribution < 1.29 is 18.6 Å². The van der Waals surface area contributed by atoms with Crippen LogP contribution in [-0.2, 0) is 18.6 Å². The van der Waals surface area contributed by atoms with E-state index in [9.17, 15) is 0 Å². The maximum absolute atomic E-state index is 7.13. The van der Waals surface area contributed by atoms with E-state index in [0.717, 1.165) is 6.42 Å². The van der Waals surface area contributed by atoms with E-state index in [0.29, 0.717) is 3.93 Å². The standard InChI is InChI=1S/C30H37B2O4.3C4H9.Sn/c1-27(2)28(3,4)34-31(33-27)24-20-19-23(21-15-11-9-12-16-21)26(25(24)22-17-13-10-14-18-22)32-35-29(5,6)30(7,8)36-32;3*1-3-4-2;/h9-19H,20H2,1-8H3;3*1,3-4H2,2H3;. The molecule has 1 aliphatic carbocycles. The molecule has 0 saturated carbocycles. The summed E-state index contributed by atoms with van der Waals surface area (Å²) in [6.45, 7) is 24.6.